The number of carbonyl (C=O) groups is 1. The lowest BCUT2D eigenvalue weighted by Crippen LogP contribution is -2.27. The number of thiazole rings is 1. The number of anilines is 1. The first-order chi connectivity index (χ1) is 12.6. The summed E-state index contributed by atoms with van der Waals surface area (Å²) < 4.78 is 2.65. The summed E-state index contributed by atoms with van der Waals surface area (Å²) in [6, 6.07) is 12.7. The minimum Gasteiger partial charge on any atom is -0.320 e. The van der Waals surface area contributed by atoms with Gasteiger partial charge in [-0.2, -0.15) is 5.10 Å². The first-order valence-corrected chi connectivity index (χ1v) is 9.07. The minimum atomic E-state index is -0.511. The van der Waals surface area contributed by atoms with Crippen LogP contribution in [-0.4, -0.2) is 20.7 Å². The van der Waals surface area contributed by atoms with E-state index in [1.54, 1.807) is 34.2 Å². The summed E-state index contributed by atoms with van der Waals surface area (Å²) >= 11 is 1.56. The van der Waals surface area contributed by atoms with Crippen molar-refractivity contribution in [2.24, 2.45) is 0 Å². The van der Waals surface area contributed by atoms with Crippen molar-refractivity contribution in [2.45, 2.75) is 20.4 Å². The maximum Gasteiger partial charge on any atom is 0.280 e. The second-order valence-electron chi connectivity index (χ2n) is 5.88. The molecule has 2 heterocycles. The fourth-order valence-electron chi connectivity index (χ4n) is 2.94. The SMILES string of the molecule is CCn1nc(C(=O)Nc2ccc3nc(C)sc3c2)c(=O)c2ccccc21. The summed E-state index contributed by atoms with van der Waals surface area (Å²) in [5, 5.41) is 8.50. The number of rotatable bonds is 3. The molecule has 6 nitrogen and oxygen atoms in total. The molecule has 0 saturated heterocycles. The van der Waals surface area contributed by atoms with Gasteiger partial charge in [0, 0.05) is 17.6 Å². The van der Waals surface area contributed by atoms with Crippen molar-refractivity contribution in [3.8, 4) is 0 Å². The number of fused-ring (bicyclic) bond motifs is 2. The lowest BCUT2D eigenvalue weighted by Gasteiger charge is -2.10. The Bertz CT molecular complexity index is 1210. The molecule has 2 aromatic carbocycles. The van der Waals surface area contributed by atoms with E-state index < -0.39 is 5.91 Å². The molecule has 1 N–H and O–H groups in total. The number of benzene rings is 2. The van der Waals surface area contributed by atoms with Crippen LogP contribution >= 0.6 is 11.3 Å². The first kappa shape index (κ1) is 16.4. The molecule has 0 aliphatic rings. The molecule has 0 spiro atoms. The molecule has 0 unspecified atom stereocenters. The summed E-state index contributed by atoms with van der Waals surface area (Å²) in [4.78, 5) is 29.8. The molecule has 130 valence electrons. The van der Waals surface area contributed by atoms with E-state index in [9.17, 15) is 9.59 Å². The molecule has 0 saturated carbocycles. The predicted molar refractivity (Wildman–Crippen MR) is 104 cm³/mol. The smallest absolute Gasteiger partial charge is 0.280 e. The number of hydrogen-bond acceptors (Lipinski definition) is 5. The number of nitrogens with zero attached hydrogens (tertiary/aromatic N) is 3. The second kappa shape index (κ2) is 6.34. The zero-order valence-corrected chi connectivity index (χ0v) is 15.1. The van der Waals surface area contributed by atoms with Crippen LogP contribution in [0.25, 0.3) is 21.1 Å². The van der Waals surface area contributed by atoms with Gasteiger partial charge in [0.25, 0.3) is 5.91 Å². The molecule has 1 amide bonds. The Hall–Kier alpha value is -3.06. The van der Waals surface area contributed by atoms with Crippen LogP contribution < -0.4 is 10.7 Å². The molecule has 4 rings (SSSR count). The molecule has 4 aromatic rings. The quantitative estimate of drug-likeness (QED) is 0.603. The molecule has 0 atom stereocenters. The number of aryl methyl sites for hydroxylation is 2. The molecule has 7 heteroatoms. The number of aromatic nitrogens is 3. The molecular formula is C19H16N4O2S. The highest BCUT2D eigenvalue weighted by Crippen LogP contribution is 2.25. The lowest BCUT2D eigenvalue weighted by atomic mass is 10.2. The minimum absolute atomic E-state index is 0.105. The zero-order chi connectivity index (χ0) is 18.3. The highest BCUT2D eigenvalue weighted by molar-refractivity contribution is 7.18. The molecule has 0 radical (unpaired) electrons. The van der Waals surface area contributed by atoms with Crippen LogP contribution in [0.15, 0.2) is 47.3 Å². The average Bonchev–Trinajstić information content (AvgIpc) is 3.01. The fourth-order valence-corrected chi connectivity index (χ4v) is 3.80. The van der Waals surface area contributed by atoms with E-state index in [0.29, 0.717) is 17.6 Å². The van der Waals surface area contributed by atoms with E-state index in [1.807, 2.05) is 38.1 Å². The van der Waals surface area contributed by atoms with Gasteiger partial charge < -0.3 is 5.32 Å². The Morgan fingerprint density at radius 3 is 2.85 bits per heavy atom. The number of carbonyl (C=O) groups excluding carboxylic acids is 1. The Kier molecular flexibility index (Phi) is 4.00. The standard InChI is InChI=1S/C19H16N4O2S/c1-3-23-15-7-5-4-6-13(15)18(24)17(22-23)19(25)21-12-8-9-14-16(10-12)26-11(2)20-14/h4-10H,3H2,1-2H3,(H,21,25). The molecule has 2 aromatic heterocycles. The number of para-hydroxylation sites is 1. The first-order valence-electron chi connectivity index (χ1n) is 8.25. The molecule has 0 bridgehead atoms. The summed E-state index contributed by atoms with van der Waals surface area (Å²) in [6.45, 7) is 4.42. The third kappa shape index (κ3) is 2.76. The highest BCUT2D eigenvalue weighted by Gasteiger charge is 2.17. The Morgan fingerprint density at radius 1 is 1.23 bits per heavy atom. The van der Waals surface area contributed by atoms with Crippen molar-refractivity contribution in [2.75, 3.05) is 5.32 Å². The maximum atomic E-state index is 12.7. The van der Waals surface area contributed by atoms with Gasteiger partial charge in [0.15, 0.2) is 5.69 Å². The van der Waals surface area contributed by atoms with Crippen LogP contribution in [0.4, 0.5) is 5.69 Å². The summed E-state index contributed by atoms with van der Waals surface area (Å²) in [6.07, 6.45) is 0. The number of nitrogens with one attached hydrogen (secondary N) is 1. The van der Waals surface area contributed by atoms with Crippen molar-refractivity contribution in [1.82, 2.24) is 14.8 Å². The van der Waals surface area contributed by atoms with Gasteiger partial charge in [-0.1, -0.05) is 12.1 Å². The van der Waals surface area contributed by atoms with E-state index >= 15 is 0 Å². The van der Waals surface area contributed by atoms with Crippen LogP contribution in [-0.2, 0) is 6.54 Å². The monoisotopic (exact) mass is 364 g/mol. The van der Waals surface area contributed by atoms with Crippen molar-refractivity contribution < 1.29 is 4.79 Å². The predicted octanol–water partition coefficient (Wildman–Crippen LogP) is 3.59. The number of amides is 1. The van der Waals surface area contributed by atoms with E-state index in [2.05, 4.69) is 15.4 Å². The van der Waals surface area contributed by atoms with Crippen LogP contribution in [0.2, 0.25) is 0 Å². The van der Waals surface area contributed by atoms with Crippen molar-refractivity contribution in [3.05, 3.63) is 63.4 Å². The Labute approximate surface area is 153 Å². The van der Waals surface area contributed by atoms with Gasteiger partial charge in [-0.15, -0.1) is 11.3 Å². The molecular weight excluding hydrogens is 348 g/mol. The van der Waals surface area contributed by atoms with Crippen LogP contribution in [0.3, 0.4) is 0 Å². The van der Waals surface area contributed by atoms with Gasteiger partial charge in [0.05, 0.1) is 20.7 Å². The van der Waals surface area contributed by atoms with Gasteiger partial charge in [-0.3, -0.25) is 14.3 Å². The number of hydrogen-bond donors (Lipinski definition) is 1. The van der Waals surface area contributed by atoms with E-state index in [1.165, 1.54) is 0 Å². The normalized spacial score (nSPS) is 11.2. The summed E-state index contributed by atoms with van der Waals surface area (Å²) in [5.41, 5.74) is 1.76. The Morgan fingerprint density at radius 2 is 2.04 bits per heavy atom. The lowest BCUT2D eigenvalue weighted by molar-refractivity contribution is 0.101. The van der Waals surface area contributed by atoms with Crippen molar-refractivity contribution in [3.63, 3.8) is 0 Å². The van der Waals surface area contributed by atoms with Crippen molar-refractivity contribution >= 4 is 44.1 Å². The van der Waals surface area contributed by atoms with Gasteiger partial charge in [0.1, 0.15) is 0 Å². The molecule has 0 aliphatic heterocycles. The molecule has 0 fully saturated rings. The fraction of sp³-hybridized carbons (Fsp3) is 0.158. The largest absolute Gasteiger partial charge is 0.320 e. The van der Waals surface area contributed by atoms with E-state index in [-0.39, 0.29) is 11.1 Å². The van der Waals surface area contributed by atoms with Crippen LogP contribution in [0.5, 0.6) is 0 Å². The summed E-state index contributed by atoms with van der Waals surface area (Å²) in [7, 11) is 0. The van der Waals surface area contributed by atoms with Crippen LogP contribution in [0.1, 0.15) is 22.4 Å². The zero-order valence-electron chi connectivity index (χ0n) is 14.3. The average molecular weight is 364 g/mol. The van der Waals surface area contributed by atoms with Gasteiger partial charge in [-0.05, 0) is 44.2 Å². The Balaban J connectivity index is 1.75. The third-order valence-corrected chi connectivity index (χ3v) is 5.06. The van der Waals surface area contributed by atoms with E-state index in [0.717, 1.165) is 20.7 Å². The molecule has 26 heavy (non-hydrogen) atoms. The van der Waals surface area contributed by atoms with Gasteiger partial charge in [-0.25, -0.2) is 4.98 Å². The maximum absolute atomic E-state index is 12.7. The third-order valence-electron chi connectivity index (χ3n) is 4.13. The van der Waals surface area contributed by atoms with Gasteiger partial charge in [0.2, 0.25) is 5.43 Å². The summed E-state index contributed by atoms with van der Waals surface area (Å²) in [5.74, 6) is -0.511. The van der Waals surface area contributed by atoms with Gasteiger partial charge >= 0.3 is 0 Å². The molecule has 0 aliphatic carbocycles. The topological polar surface area (TPSA) is 76.9 Å². The van der Waals surface area contributed by atoms with Crippen molar-refractivity contribution in [1.29, 1.82) is 0 Å². The second-order valence-corrected chi connectivity index (χ2v) is 7.11. The van der Waals surface area contributed by atoms with E-state index in [4.69, 9.17) is 0 Å². The highest BCUT2D eigenvalue weighted by atomic mass is 32.1. The van der Waals surface area contributed by atoms with Crippen LogP contribution in [0, 0.1) is 6.92 Å².